The molecule has 4 rings (SSSR count). The number of amides is 1. The van der Waals surface area contributed by atoms with Crippen LogP contribution in [0.4, 0.5) is 0 Å². The van der Waals surface area contributed by atoms with Gasteiger partial charge < -0.3 is 9.80 Å². The van der Waals surface area contributed by atoms with E-state index in [1.807, 2.05) is 43.7 Å². The highest BCUT2D eigenvalue weighted by atomic mass is 35.5. The molecule has 0 saturated carbocycles. The lowest BCUT2D eigenvalue weighted by molar-refractivity contribution is -0.131. The van der Waals surface area contributed by atoms with Crippen molar-refractivity contribution in [2.45, 2.75) is 58.9 Å². The van der Waals surface area contributed by atoms with Crippen LogP contribution in [0.1, 0.15) is 48.2 Å². The highest BCUT2D eigenvalue weighted by Gasteiger charge is 2.31. The molecule has 1 unspecified atom stereocenters. The van der Waals surface area contributed by atoms with Gasteiger partial charge in [-0.1, -0.05) is 17.7 Å². The third kappa shape index (κ3) is 4.22. The van der Waals surface area contributed by atoms with Crippen molar-refractivity contribution < 1.29 is 4.79 Å². The number of carbonyl (C=O) groups excluding carboxylic acids is 1. The van der Waals surface area contributed by atoms with Gasteiger partial charge in [0.05, 0.1) is 17.8 Å². The molecule has 156 valence electrons. The van der Waals surface area contributed by atoms with E-state index in [1.165, 1.54) is 25.9 Å². The zero-order valence-electron chi connectivity index (χ0n) is 17.7. The van der Waals surface area contributed by atoms with Crippen LogP contribution in [0.25, 0.3) is 5.69 Å². The van der Waals surface area contributed by atoms with Crippen LogP contribution in [0.15, 0.2) is 18.2 Å². The fourth-order valence-corrected chi connectivity index (χ4v) is 4.94. The van der Waals surface area contributed by atoms with Crippen LogP contribution in [0, 0.1) is 20.8 Å². The summed E-state index contributed by atoms with van der Waals surface area (Å²) < 4.78 is 1.91. The lowest BCUT2D eigenvalue weighted by Crippen LogP contribution is -2.43. The largest absolute Gasteiger partial charge is 0.338 e. The summed E-state index contributed by atoms with van der Waals surface area (Å²) in [7, 11) is 0. The van der Waals surface area contributed by atoms with Gasteiger partial charge in [-0.05, 0) is 77.2 Å². The smallest absolute Gasteiger partial charge is 0.227 e. The number of hydrogen-bond donors (Lipinski definition) is 0. The number of aryl methyl sites for hydroxylation is 2. The molecule has 2 aromatic rings. The average Bonchev–Trinajstić information content (AvgIpc) is 3.42. The summed E-state index contributed by atoms with van der Waals surface area (Å²) in [4.78, 5) is 17.8. The lowest BCUT2D eigenvalue weighted by atomic mass is 10.1. The molecule has 5 nitrogen and oxygen atoms in total. The summed E-state index contributed by atoms with van der Waals surface area (Å²) in [6.07, 6.45) is 5.25. The first-order valence-electron chi connectivity index (χ1n) is 10.8. The second-order valence-corrected chi connectivity index (χ2v) is 8.97. The van der Waals surface area contributed by atoms with E-state index >= 15 is 0 Å². The molecule has 0 radical (unpaired) electrons. The summed E-state index contributed by atoms with van der Waals surface area (Å²) in [5, 5.41) is 5.44. The molecule has 2 aliphatic rings. The Morgan fingerprint density at radius 3 is 2.62 bits per heavy atom. The van der Waals surface area contributed by atoms with E-state index in [9.17, 15) is 4.79 Å². The van der Waals surface area contributed by atoms with E-state index in [1.54, 1.807) is 0 Å². The fraction of sp³-hybridized carbons (Fsp3) is 0.565. The zero-order valence-corrected chi connectivity index (χ0v) is 18.5. The van der Waals surface area contributed by atoms with Crippen molar-refractivity contribution in [3.8, 4) is 5.69 Å². The molecule has 1 amide bonds. The van der Waals surface area contributed by atoms with Crippen molar-refractivity contribution in [3.63, 3.8) is 0 Å². The van der Waals surface area contributed by atoms with Gasteiger partial charge in [0.2, 0.25) is 5.91 Å². The lowest BCUT2D eigenvalue weighted by Gasteiger charge is -2.28. The van der Waals surface area contributed by atoms with Crippen LogP contribution in [0.3, 0.4) is 0 Å². The summed E-state index contributed by atoms with van der Waals surface area (Å²) in [6, 6.07) is 6.34. The number of hydrogen-bond acceptors (Lipinski definition) is 3. The molecule has 0 aliphatic carbocycles. The average molecular weight is 415 g/mol. The second kappa shape index (κ2) is 8.49. The van der Waals surface area contributed by atoms with Gasteiger partial charge in [-0.15, -0.1) is 0 Å². The van der Waals surface area contributed by atoms with Gasteiger partial charge in [0.25, 0.3) is 0 Å². The second-order valence-electron chi connectivity index (χ2n) is 8.56. The Kier molecular flexibility index (Phi) is 5.98. The maximum absolute atomic E-state index is 13.2. The number of aromatic nitrogens is 2. The van der Waals surface area contributed by atoms with Crippen LogP contribution in [-0.4, -0.2) is 57.7 Å². The fourth-order valence-electron chi connectivity index (χ4n) is 4.77. The standard InChI is InChI=1S/C23H31ClN4O/c1-16-8-9-19(13-22(16)24)28-18(3)21(17(2)25-28)14-23(29)27-12-6-7-20(27)15-26-10-4-5-11-26/h8-9,13,20H,4-7,10-12,14-15H2,1-3H3. The van der Waals surface area contributed by atoms with E-state index in [0.717, 1.165) is 59.2 Å². The summed E-state index contributed by atoms with van der Waals surface area (Å²) in [6.45, 7) is 10.3. The molecule has 0 bridgehead atoms. The third-order valence-electron chi connectivity index (χ3n) is 6.53. The first-order valence-corrected chi connectivity index (χ1v) is 11.2. The Hall–Kier alpha value is -1.85. The maximum atomic E-state index is 13.2. The van der Waals surface area contributed by atoms with Crippen molar-refractivity contribution in [1.29, 1.82) is 0 Å². The van der Waals surface area contributed by atoms with Crippen molar-refractivity contribution in [2.75, 3.05) is 26.2 Å². The molecular formula is C23H31ClN4O. The summed E-state index contributed by atoms with van der Waals surface area (Å²) in [5.74, 6) is 0.236. The molecular weight excluding hydrogens is 384 g/mol. The van der Waals surface area contributed by atoms with Gasteiger partial charge in [-0.25, -0.2) is 4.68 Å². The molecule has 1 atom stereocenters. The molecule has 0 N–H and O–H groups in total. The topological polar surface area (TPSA) is 41.4 Å². The third-order valence-corrected chi connectivity index (χ3v) is 6.94. The van der Waals surface area contributed by atoms with Gasteiger partial charge in [-0.2, -0.15) is 5.10 Å². The van der Waals surface area contributed by atoms with Gasteiger partial charge in [0.1, 0.15) is 0 Å². The van der Waals surface area contributed by atoms with Gasteiger partial charge in [0, 0.05) is 35.4 Å². The Morgan fingerprint density at radius 1 is 1.14 bits per heavy atom. The molecule has 3 heterocycles. The maximum Gasteiger partial charge on any atom is 0.227 e. The Balaban J connectivity index is 1.50. The molecule has 2 fully saturated rings. The number of benzene rings is 1. The number of nitrogens with zero attached hydrogens (tertiary/aromatic N) is 4. The van der Waals surface area contributed by atoms with Crippen molar-refractivity contribution >= 4 is 17.5 Å². The van der Waals surface area contributed by atoms with E-state index in [-0.39, 0.29) is 5.91 Å². The molecule has 0 spiro atoms. The predicted octanol–water partition coefficient (Wildman–Crippen LogP) is 4.08. The monoisotopic (exact) mass is 414 g/mol. The van der Waals surface area contributed by atoms with Crippen LogP contribution < -0.4 is 0 Å². The number of rotatable bonds is 5. The summed E-state index contributed by atoms with van der Waals surface area (Å²) in [5.41, 5.74) is 4.96. The van der Waals surface area contributed by atoms with Crippen LogP contribution >= 0.6 is 11.6 Å². The van der Waals surface area contributed by atoms with Crippen molar-refractivity contribution in [2.24, 2.45) is 0 Å². The van der Waals surface area contributed by atoms with Crippen molar-refractivity contribution in [3.05, 3.63) is 45.7 Å². The first-order chi connectivity index (χ1) is 13.9. The predicted molar refractivity (Wildman–Crippen MR) is 117 cm³/mol. The Labute approximate surface area is 178 Å². The minimum atomic E-state index is 0.236. The Morgan fingerprint density at radius 2 is 1.90 bits per heavy atom. The minimum absolute atomic E-state index is 0.236. The molecule has 1 aromatic heterocycles. The Bertz CT molecular complexity index is 901. The van der Waals surface area contributed by atoms with E-state index in [4.69, 9.17) is 16.7 Å². The van der Waals surface area contributed by atoms with Crippen LogP contribution in [0.5, 0.6) is 0 Å². The number of halogens is 1. The highest BCUT2D eigenvalue weighted by Crippen LogP contribution is 2.25. The quantitative estimate of drug-likeness (QED) is 0.740. The molecule has 2 aliphatic heterocycles. The zero-order chi connectivity index (χ0) is 20.5. The highest BCUT2D eigenvalue weighted by molar-refractivity contribution is 6.31. The van der Waals surface area contributed by atoms with E-state index < -0.39 is 0 Å². The van der Waals surface area contributed by atoms with Gasteiger partial charge in [0.15, 0.2) is 0 Å². The van der Waals surface area contributed by atoms with Crippen molar-refractivity contribution in [1.82, 2.24) is 19.6 Å². The molecule has 1 aromatic carbocycles. The normalized spacial score (nSPS) is 20.0. The van der Waals surface area contributed by atoms with E-state index in [0.29, 0.717) is 12.5 Å². The van der Waals surface area contributed by atoms with Crippen LogP contribution in [-0.2, 0) is 11.2 Å². The minimum Gasteiger partial charge on any atom is -0.338 e. The summed E-state index contributed by atoms with van der Waals surface area (Å²) >= 11 is 6.31. The molecule has 29 heavy (non-hydrogen) atoms. The molecule has 6 heteroatoms. The first kappa shape index (κ1) is 20.4. The number of likely N-dealkylation sites (tertiary alicyclic amines) is 2. The van der Waals surface area contributed by atoms with Gasteiger partial charge >= 0.3 is 0 Å². The number of carbonyl (C=O) groups is 1. The van der Waals surface area contributed by atoms with Gasteiger partial charge in [-0.3, -0.25) is 4.79 Å². The van der Waals surface area contributed by atoms with E-state index in [2.05, 4.69) is 9.80 Å². The van der Waals surface area contributed by atoms with Crippen LogP contribution in [0.2, 0.25) is 5.02 Å². The molecule has 2 saturated heterocycles. The SMILES string of the molecule is Cc1ccc(-n2nc(C)c(CC(=O)N3CCCC3CN3CCCC3)c2C)cc1Cl.